The third kappa shape index (κ3) is 1.84. The van der Waals surface area contributed by atoms with E-state index >= 15 is 0 Å². The summed E-state index contributed by atoms with van der Waals surface area (Å²) in [5, 5.41) is 1.89. The van der Waals surface area contributed by atoms with Gasteiger partial charge >= 0.3 is 0 Å². The molecule has 19 heavy (non-hydrogen) atoms. The van der Waals surface area contributed by atoms with Crippen molar-refractivity contribution in [1.82, 2.24) is 10.4 Å². The van der Waals surface area contributed by atoms with Gasteiger partial charge in [-0.2, -0.15) is 0 Å². The van der Waals surface area contributed by atoms with Crippen molar-refractivity contribution in [2.45, 2.75) is 13.5 Å². The van der Waals surface area contributed by atoms with Gasteiger partial charge in [-0.3, -0.25) is 14.8 Å². The second-order valence-corrected chi connectivity index (χ2v) is 4.46. The number of amides is 1. The Labute approximate surface area is 111 Å². The predicted molar refractivity (Wildman–Crippen MR) is 72.9 cm³/mol. The van der Waals surface area contributed by atoms with E-state index in [2.05, 4.69) is 16.5 Å². The molecule has 0 atom stereocenters. The number of fused-ring (bicyclic) bond motifs is 1. The van der Waals surface area contributed by atoms with E-state index in [4.69, 9.17) is 5.73 Å². The summed E-state index contributed by atoms with van der Waals surface area (Å²) in [6, 6.07) is 9.67. The second kappa shape index (κ2) is 4.37. The number of pyridine rings is 1. The van der Waals surface area contributed by atoms with Gasteiger partial charge in [0.05, 0.1) is 22.6 Å². The molecule has 2 heterocycles. The van der Waals surface area contributed by atoms with Crippen molar-refractivity contribution in [2.75, 3.05) is 5.01 Å². The highest BCUT2D eigenvalue weighted by atomic mass is 16.1. The van der Waals surface area contributed by atoms with Gasteiger partial charge < -0.3 is 5.73 Å². The van der Waals surface area contributed by atoms with Crippen LogP contribution in [0.4, 0.5) is 11.4 Å². The molecule has 96 valence electrons. The Bertz CT molecular complexity index is 654. The molecule has 1 aromatic heterocycles. The predicted octanol–water partition coefficient (Wildman–Crippen LogP) is 1.65. The first kappa shape index (κ1) is 11.7. The second-order valence-electron chi connectivity index (χ2n) is 4.46. The third-order valence-corrected chi connectivity index (χ3v) is 3.26. The van der Waals surface area contributed by atoms with E-state index in [9.17, 15) is 4.79 Å². The van der Waals surface area contributed by atoms with E-state index in [1.54, 1.807) is 12.3 Å². The first-order valence-electron chi connectivity index (χ1n) is 6.05. The van der Waals surface area contributed by atoms with Crippen LogP contribution in [0.1, 0.15) is 21.6 Å². The summed E-state index contributed by atoms with van der Waals surface area (Å²) in [5.74, 6) is -0.452. The standard InChI is InChI=1S/C14H14N4O/c1-9-13(11(14(15)19)6-7-16-9)18-12-5-3-2-4-10(12)8-17-18/h2-7,17H,8H2,1H3,(H2,15,19). The summed E-state index contributed by atoms with van der Waals surface area (Å²) < 4.78 is 0. The number of primary amides is 1. The molecule has 0 fully saturated rings. The number of nitrogens with one attached hydrogen (secondary N) is 1. The van der Waals surface area contributed by atoms with Gasteiger partial charge in [-0.1, -0.05) is 18.2 Å². The minimum absolute atomic E-state index is 0.452. The van der Waals surface area contributed by atoms with Gasteiger partial charge in [-0.15, -0.1) is 0 Å². The molecule has 0 saturated heterocycles. The topological polar surface area (TPSA) is 71.2 Å². The molecule has 2 aromatic rings. The van der Waals surface area contributed by atoms with E-state index in [0.29, 0.717) is 5.56 Å². The lowest BCUT2D eigenvalue weighted by molar-refractivity contribution is 0.100. The van der Waals surface area contributed by atoms with Gasteiger partial charge in [0.1, 0.15) is 0 Å². The van der Waals surface area contributed by atoms with Crippen LogP contribution in [-0.4, -0.2) is 10.9 Å². The van der Waals surface area contributed by atoms with Crippen LogP contribution >= 0.6 is 0 Å². The number of benzene rings is 1. The van der Waals surface area contributed by atoms with Crippen LogP contribution in [0.3, 0.4) is 0 Å². The highest BCUT2D eigenvalue weighted by molar-refractivity contribution is 6.00. The van der Waals surface area contributed by atoms with E-state index in [1.165, 1.54) is 5.56 Å². The molecule has 0 radical (unpaired) electrons. The monoisotopic (exact) mass is 254 g/mol. The molecule has 1 amide bonds. The summed E-state index contributed by atoms with van der Waals surface area (Å²) in [4.78, 5) is 15.8. The smallest absolute Gasteiger partial charge is 0.250 e. The van der Waals surface area contributed by atoms with E-state index in [1.807, 2.05) is 30.1 Å². The molecule has 3 N–H and O–H groups in total. The van der Waals surface area contributed by atoms with Gasteiger partial charge in [-0.25, -0.2) is 5.43 Å². The zero-order chi connectivity index (χ0) is 13.4. The Morgan fingerprint density at radius 1 is 1.37 bits per heavy atom. The van der Waals surface area contributed by atoms with Gasteiger partial charge in [-0.05, 0) is 24.6 Å². The number of rotatable bonds is 2. The molecular weight excluding hydrogens is 240 g/mol. The third-order valence-electron chi connectivity index (χ3n) is 3.26. The number of carbonyl (C=O) groups excluding carboxylic acids is 1. The van der Waals surface area contributed by atoms with E-state index < -0.39 is 5.91 Å². The number of carbonyl (C=O) groups is 1. The summed E-state index contributed by atoms with van der Waals surface area (Å²) in [6.07, 6.45) is 1.60. The van der Waals surface area contributed by atoms with Crippen molar-refractivity contribution in [2.24, 2.45) is 5.73 Å². The minimum Gasteiger partial charge on any atom is -0.366 e. The quantitative estimate of drug-likeness (QED) is 0.854. The molecule has 1 aliphatic rings. The molecule has 1 aromatic carbocycles. The van der Waals surface area contributed by atoms with Gasteiger partial charge in [0.15, 0.2) is 0 Å². The maximum Gasteiger partial charge on any atom is 0.250 e. The van der Waals surface area contributed by atoms with Crippen molar-refractivity contribution >= 4 is 17.3 Å². The molecule has 3 rings (SSSR count). The highest BCUT2D eigenvalue weighted by Crippen LogP contribution is 2.34. The maximum absolute atomic E-state index is 11.6. The SMILES string of the molecule is Cc1nccc(C(N)=O)c1N1NCc2ccccc21. The molecule has 5 nitrogen and oxygen atoms in total. The lowest BCUT2D eigenvalue weighted by Crippen LogP contribution is -2.30. The average molecular weight is 254 g/mol. The number of para-hydroxylation sites is 1. The highest BCUT2D eigenvalue weighted by Gasteiger charge is 2.25. The maximum atomic E-state index is 11.6. The number of aryl methyl sites for hydroxylation is 1. The van der Waals surface area contributed by atoms with E-state index in [0.717, 1.165) is 23.6 Å². The average Bonchev–Trinajstić information content (AvgIpc) is 2.82. The first-order valence-corrected chi connectivity index (χ1v) is 6.05. The van der Waals surface area contributed by atoms with Crippen LogP contribution in [0.2, 0.25) is 0 Å². The van der Waals surface area contributed by atoms with Crippen LogP contribution in [0.5, 0.6) is 0 Å². The van der Waals surface area contributed by atoms with Crippen LogP contribution in [0.15, 0.2) is 36.5 Å². The zero-order valence-electron chi connectivity index (χ0n) is 10.6. The number of hydrazine groups is 1. The Balaban J connectivity index is 2.17. The summed E-state index contributed by atoms with van der Waals surface area (Å²) >= 11 is 0. The van der Waals surface area contributed by atoms with Crippen LogP contribution in [0.25, 0.3) is 0 Å². The van der Waals surface area contributed by atoms with Crippen LogP contribution < -0.4 is 16.2 Å². The van der Waals surface area contributed by atoms with E-state index in [-0.39, 0.29) is 0 Å². The Morgan fingerprint density at radius 3 is 2.95 bits per heavy atom. The molecular formula is C14H14N4O. The molecule has 0 saturated carbocycles. The van der Waals surface area contributed by atoms with Crippen LogP contribution in [-0.2, 0) is 6.54 Å². The Kier molecular flexibility index (Phi) is 2.68. The number of aromatic nitrogens is 1. The summed E-state index contributed by atoms with van der Waals surface area (Å²) in [6.45, 7) is 2.59. The fourth-order valence-corrected chi connectivity index (χ4v) is 2.37. The van der Waals surface area contributed by atoms with Crippen molar-refractivity contribution < 1.29 is 4.79 Å². The first-order chi connectivity index (χ1) is 9.18. The minimum atomic E-state index is -0.452. The van der Waals surface area contributed by atoms with Crippen molar-refractivity contribution in [3.05, 3.63) is 53.3 Å². The number of anilines is 2. The van der Waals surface area contributed by atoms with Gasteiger partial charge in [0, 0.05) is 12.7 Å². The fourth-order valence-electron chi connectivity index (χ4n) is 2.37. The summed E-state index contributed by atoms with van der Waals surface area (Å²) in [7, 11) is 0. The number of hydrogen-bond donors (Lipinski definition) is 2. The van der Waals surface area contributed by atoms with Gasteiger partial charge in [0.25, 0.3) is 5.91 Å². The van der Waals surface area contributed by atoms with Crippen LogP contribution in [0, 0.1) is 6.92 Å². The number of hydrogen-bond acceptors (Lipinski definition) is 4. The largest absolute Gasteiger partial charge is 0.366 e. The Morgan fingerprint density at radius 2 is 2.16 bits per heavy atom. The molecule has 5 heteroatoms. The number of nitrogens with two attached hydrogens (primary N) is 1. The Hall–Kier alpha value is -2.40. The zero-order valence-corrected chi connectivity index (χ0v) is 10.6. The lowest BCUT2D eigenvalue weighted by Gasteiger charge is -2.23. The van der Waals surface area contributed by atoms with Crippen molar-refractivity contribution in [3.8, 4) is 0 Å². The van der Waals surface area contributed by atoms with Gasteiger partial charge in [0.2, 0.25) is 0 Å². The molecule has 1 aliphatic heterocycles. The van der Waals surface area contributed by atoms with Crippen molar-refractivity contribution in [3.63, 3.8) is 0 Å². The summed E-state index contributed by atoms with van der Waals surface area (Å²) in [5.41, 5.74) is 12.9. The molecule has 0 bridgehead atoms. The molecule has 0 unspecified atom stereocenters. The lowest BCUT2D eigenvalue weighted by atomic mass is 10.1. The normalized spacial score (nSPS) is 13.4. The fraction of sp³-hybridized carbons (Fsp3) is 0.143. The molecule has 0 aliphatic carbocycles. The molecule has 0 spiro atoms. The van der Waals surface area contributed by atoms with Crippen molar-refractivity contribution in [1.29, 1.82) is 0 Å². The number of nitrogens with zero attached hydrogens (tertiary/aromatic N) is 2.